The van der Waals surface area contributed by atoms with Gasteiger partial charge in [-0.1, -0.05) is 54.6 Å². The molecule has 0 bridgehead atoms. The lowest BCUT2D eigenvalue weighted by atomic mass is 9.90. The number of aromatic nitrogens is 2. The Morgan fingerprint density at radius 3 is 1.38 bits per heavy atom. The molecule has 0 aliphatic carbocycles. The summed E-state index contributed by atoms with van der Waals surface area (Å²) in [6, 6.07) is 42.6. The van der Waals surface area contributed by atoms with Crippen LogP contribution in [-0.4, -0.2) is 9.13 Å². The average Bonchev–Trinajstić information content (AvgIpc) is 3.74. The van der Waals surface area contributed by atoms with E-state index in [2.05, 4.69) is 18.2 Å². The summed E-state index contributed by atoms with van der Waals surface area (Å²) in [5.41, 5.74) is 1.01. The molecule has 2 aromatic heterocycles. The average molecular weight is 772 g/mol. The lowest BCUT2D eigenvalue weighted by Crippen LogP contribution is -2.14. The summed E-state index contributed by atoms with van der Waals surface area (Å²) >= 11 is 0. The van der Waals surface area contributed by atoms with E-state index < -0.39 is 29.0 Å². The van der Waals surface area contributed by atoms with Crippen LogP contribution in [0.5, 0.6) is 0 Å². The molecule has 0 unspecified atom stereocenters. The summed E-state index contributed by atoms with van der Waals surface area (Å²) in [6.07, 6.45) is -10.3. The Morgan fingerprint density at radius 1 is 0.397 bits per heavy atom. The van der Waals surface area contributed by atoms with Gasteiger partial charge in [0.1, 0.15) is 0 Å². The first-order valence-corrected chi connectivity index (χ1v) is 17.7. The first kappa shape index (κ1) is 35.9. The number of rotatable bonds is 4. The second kappa shape index (κ2) is 13.2. The standard InChI is InChI=1S/C47H23F6N5/c48-46(49,50)37-8-5-9-38(47(51,52)53)45(37)30-15-16-33(44(23-30)58-40-11-4-2-7-32(40)35-21-28(25-55)14-19-43(35)58)36-22-29(26-56)13-18-42(36)57-39-10-3-1-6-31(39)34-20-27(24-54)12-17-41(34)57/h1-23H. The molecule has 0 fully saturated rings. The van der Waals surface area contributed by atoms with Gasteiger partial charge in [-0.25, -0.2) is 0 Å². The Hall–Kier alpha value is -7.81. The third kappa shape index (κ3) is 5.62. The molecule has 0 saturated heterocycles. The van der Waals surface area contributed by atoms with Crippen molar-refractivity contribution in [2.75, 3.05) is 0 Å². The molecule has 2 heterocycles. The molecular formula is C47H23F6N5. The molecule has 9 rings (SSSR count). The second-order valence-corrected chi connectivity index (χ2v) is 13.7. The molecule has 0 aliphatic rings. The lowest BCUT2D eigenvalue weighted by molar-refractivity contribution is -0.142. The predicted molar refractivity (Wildman–Crippen MR) is 210 cm³/mol. The van der Waals surface area contributed by atoms with Crippen LogP contribution in [0, 0.1) is 34.0 Å². The first-order valence-electron chi connectivity index (χ1n) is 17.7. The summed E-state index contributed by atoms with van der Waals surface area (Å²) in [6.45, 7) is 0. The van der Waals surface area contributed by atoms with Gasteiger partial charge in [0, 0.05) is 38.2 Å². The maximum absolute atomic E-state index is 14.7. The molecular weight excluding hydrogens is 749 g/mol. The Bertz CT molecular complexity index is 3280. The fraction of sp³-hybridized carbons (Fsp3) is 0.0426. The highest BCUT2D eigenvalue weighted by Gasteiger charge is 2.41. The minimum atomic E-state index is -5.13. The van der Waals surface area contributed by atoms with E-state index in [1.165, 1.54) is 18.2 Å². The van der Waals surface area contributed by atoms with Crippen LogP contribution in [0.2, 0.25) is 0 Å². The molecule has 0 aliphatic heterocycles. The molecule has 0 N–H and O–H groups in total. The predicted octanol–water partition coefficient (Wildman–Crippen LogP) is 12.9. The van der Waals surface area contributed by atoms with Crippen LogP contribution in [0.1, 0.15) is 27.8 Å². The number of alkyl halides is 6. The molecule has 0 spiro atoms. The zero-order valence-electron chi connectivity index (χ0n) is 29.8. The molecule has 9 aromatic rings. The molecule has 7 aromatic carbocycles. The second-order valence-electron chi connectivity index (χ2n) is 13.7. The summed E-state index contributed by atoms with van der Waals surface area (Å²) in [7, 11) is 0. The highest BCUT2D eigenvalue weighted by Crippen LogP contribution is 2.47. The number of nitrogens with zero attached hydrogens (tertiary/aromatic N) is 5. The zero-order valence-corrected chi connectivity index (χ0v) is 29.8. The number of hydrogen-bond donors (Lipinski definition) is 0. The molecule has 0 amide bonds. The van der Waals surface area contributed by atoms with Crippen molar-refractivity contribution < 1.29 is 26.3 Å². The van der Waals surface area contributed by atoms with Gasteiger partial charge in [0.2, 0.25) is 0 Å². The van der Waals surface area contributed by atoms with Crippen molar-refractivity contribution in [3.8, 4) is 51.8 Å². The van der Waals surface area contributed by atoms with Crippen molar-refractivity contribution in [2.45, 2.75) is 12.4 Å². The van der Waals surface area contributed by atoms with E-state index in [9.17, 15) is 42.1 Å². The largest absolute Gasteiger partial charge is 0.417 e. The Balaban J connectivity index is 1.45. The number of hydrogen-bond acceptors (Lipinski definition) is 3. The third-order valence-corrected chi connectivity index (χ3v) is 10.5. The van der Waals surface area contributed by atoms with Gasteiger partial charge in [-0.05, 0) is 90.5 Å². The fourth-order valence-corrected chi connectivity index (χ4v) is 8.06. The SMILES string of the molecule is N#Cc1ccc(-n2c3ccccc3c3cc(C#N)ccc32)c(-c2ccc(-c3c(C(F)(F)F)cccc3C(F)(F)F)cc2-n2c3ccccc3c3cc(C#N)ccc32)c1. The number of nitriles is 3. The van der Waals surface area contributed by atoms with Crippen LogP contribution in [0.3, 0.4) is 0 Å². The number of halogens is 6. The summed E-state index contributed by atoms with van der Waals surface area (Å²) in [4.78, 5) is 0. The Labute approximate surface area is 325 Å². The van der Waals surface area contributed by atoms with Crippen LogP contribution in [0.4, 0.5) is 26.3 Å². The molecule has 58 heavy (non-hydrogen) atoms. The molecule has 278 valence electrons. The number of para-hydroxylation sites is 2. The summed E-state index contributed by atoms with van der Waals surface area (Å²) < 4.78 is 91.7. The van der Waals surface area contributed by atoms with Gasteiger partial charge in [-0.3, -0.25) is 0 Å². The molecule has 11 heteroatoms. The molecule has 5 nitrogen and oxygen atoms in total. The molecule has 0 saturated carbocycles. The van der Waals surface area contributed by atoms with Crippen molar-refractivity contribution in [3.63, 3.8) is 0 Å². The van der Waals surface area contributed by atoms with E-state index in [0.29, 0.717) is 61.9 Å². The van der Waals surface area contributed by atoms with Crippen LogP contribution in [-0.2, 0) is 12.4 Å². The minimum absolute atomic E-state index is 0.224. The van der Waals surface area contributed by atoms with Crippen LogP contribution >= 0.6 is 0 Å². The normalized spacial score (nSPS) is 11.9. The maximum Gasteiger partial charge on any atom is 0.417 e. The molecule has 0 atom stereocenters. The van der Waals surface area contributed by atoms with E-state index in [-0.39, 0.29) is 16.8 Å². The minimum Gasteiger partial charge on any atom is -0.309 e. The van der Waals surface area contributed by atoms with Crippen molar-refractivity contribution in [2.24, 2.45) is 0 Å². The maximum atomic E-state index is 14.7. The van der Waals surface area contributed by atoms with E-state index in [1.54, 1.807) is 71.3 Å². The molecule has 0 radical (unpaired) electrons. The smallest absolute Gasteiger partial charge is 0.309 e. The van der Waals surface area contributed by atoms with E-state index in [0.717, 1.165) is 27.9 Å². The van der Waals surface area contributed by atoms with E-state index in [4.69, 9.17) is 0 Å². The highest BCUT2D eigenvalue weighted by molar-refractivity contribution is 6.12. The van der Waals surface area contributed by atoms with Gasteiger partial charge in [0.15, 0.2) is 0 Å². The van der Waals surface area contributed by atoms with Gasteiger partial charge >= 0.3 is 12.4 Å². The Morgan fingerprint density at radius 2 is 0.862 bits per heavy atom. The summed E-state index contributed by atoms with van der Waals surface area (Å²) in [5, 5.41) is 32.7. The Kier molecular flexibility index (Phi) is 8.13. The topological polar surface area (TPSA) is 81.2 Å². The first-order chi connectivity index (χ1) is 27.9. The van der Waals surface area contributed by atoms with Gasteiger partial charge in [0.05, 0.1) is 79.5 Å². The lowest BCUT2D eigenvalue weighted by Gasteiger charge is -2.22. The number of benzene rings is 7. The van der Waals surface area contributed by atoms with Gasteiger partial charge in [-0.15, -0.1) is 0 Å². The van der Waals surface area contributed by atoms with E-state index >= 15 is 0 Å². The zero-order chi connectivity index (χ0) is 40.5. The van der Waals surface area contributed by atoms with E-state index in [1.807, 2.05) is 41.0 Å². The van der Waals surface area contributed by atoms with Gasteiger partial charge < -0.3 is 9.13 Å². The van der Waals surface area contributed by atoms with Gasteiger partial charge in [0.25, 0.3) is 0 Å². The van der Waals surface area contributed by atoms with Crippen LogP contribution in [0.15, 0.2) is 140 Å². The number of fused-ring (bicyclic) bond motifs is 6. The summed E-state index contributed by atoms with van der Waals surface area (Å²) in [5.74, 6) is 0. The van der Waals surface area contributed by atoms with Crippen LogP contribution in [0.25, 0.3) is 77.2 Å². The van der Waals surface area contributed by atoms with Crippen molar-refractivity contribution in [1.82, 2.24) is 9.13 Å². The monoisotopic (exact) mass is 771 g/mol. The highest BCUT2D eigenvalue weighted by atomic mass is 19.4. The van der Waals surface area contributed by atoms with Gasteiger partial charge in [-0.2, -0.15) is 42.1 Å². The van der Waals surface area contributed by atoms with Crippen molar-refractivity contribution >= 4 is 43.6 Å². The van der Waals surface area contributed by atoms with Crippen molar-refractivity contribution in [1.29, 1.82) is 15.8 Å². The quantitative estimate of drug-likeness (QED) is 0.167. The van der Waals surface area contributed by atoms with Crippen LogP contribution < -0.4 is 0 Å². The van der Waals surface area contributed by atoms with Crippen molar-refractivity contribution in [3.05, 3.63) is 167 Å². The third-order valence-electron chi connectivity index (χ3n) is 10.5. The fourth-order valence-electron chi connectivity index (χ4n) is 8.06.